The molecule has 1 N–H and O–H groups in total. The molecule has 1 aromatic carbocycles. The van der Waals surface area contributed by atoms with Crippen LogP contribution in [-0.2, 0) is 6.42 Å². The second-order valence-corrected chi connectivity index (χ2v) is 6.67. The maximum atomic E-state index is 12.6. The zero-order chi connectivity index (χ0) is 16.2. The van der Waals surface area contributed by atoms with Crippen LogP contribution in [0.15, 0.2) is 39.3 Å². The lowest BCUT2D eigenvalue weighted by Gasteiger charge is -2.23. The molecule has 1 saturated heterocycles. The minimum atomic E-state index is -0.0881. The summed E-state index contributed by atoms with van der Waals surface area (Å²) < 4.78 is 6.35. The van der Waals surface area contributed by atoms with Crippen LogP contribution in [0.1, 0.15) is 43.7 Å². The summed E-state index contributed by atoms with van der Waals surface area (Å²) in [4.78, 5) is 14.4. The first-order chi connectivity index (χ1) is 11.2. The Morgan fingerprint density at radius 3 is 2.96 bits per heavy atom. The Labute approximate surface area is 144 Å². The van der Waals surface area contributed by atoms with Crippen molar-refractivity contribution in [1.82, 2.24) is 10.1 Å². The number of nitrogens with one attached hydrogen (secondary N) is 1. The summed E-state index contributed by atoms with van der Waals surface area (Å²) in [5.74, 6) is 0.891. The fraction of sp³-hybridized carbons (Fsp3) is 0.412. The SMILES string of the molecule is CCCc1cc([C@@H]2CCCN2C(=O)Nc2ccc(Br)cc2)no1. The number of rotatable bonds is 4. The highest BCUT2D eigenvalue weighted by Crippen LogP contribution is 2.32. The fourth-order valence-electron chi connectivity index (χ4n) is 2.90. The molecule has 0 radical (unpaired) electrons. The van der Waals surface area contributed by atoms with Gasteiger partial charge in [0.05, 0.1) is 6.04 Å². The van der Waals surface area contributed by atoms with E-state index in [0.29, 0.717) is 0 Å². The van der Waals surface area contributed by atoms with Crippen molar-refractivity contribution in [3.8, 4) is 0 Å². The van der Waals surface area contributed by atoms with E-state index in [0.717, 1.165) is 53.8 Å². The van der Waals surface area contributed by atoms with Crippen LogP contribution in [0.5, 0.6) is 0 Å². The van der Waals surface area contributed by atoms with E-state index in [-0.39, 0.29) is 12.1 Å². The molecule has 1 aliphatic rings. The number of nitrogens with zero attached hydrogens (tertiary/aromatic N) is 2. The van der Waals surface area contributed by atoms with Gasteiger partial charge in [-0.3, -0.25) is 0 Å². The molecule has 3 rings (SSSR count). The van der Waals surface area contributed by atoms with Crippen LogP contribution in [0, 0.1) is 0 Å². The number of aryl methyl sites for hydroxylation is 1. The molecule has 122 valence electrons. The second kappa shape index (κ2) is 7.17. The largest absolute Gasteiger partial charge is 0.361 e. The summed E-state index contributed by atoms with van der Waals surface area (Å²) in [7, 11) is 0. The number of anilines is 1. The molecule has 0 bridgehead atoms. The Bertz CT molecular complexity index is 669. The average molecular weight is 378 g/mol. The normalized spacial score (nSPS) is 17.5. The lowest BCUT2D eigenvalue weighted by atomic mass is 10.1. The third kappa shape index (κ3) is 3.75. The molecule has 2 aromatic rings. The van der Waals surface area contributed by atoms with Gasteiger partial charge in [-0.15, -0.1) is 0 Å². The third-order valence-electron chi connectivity index (χ3n) is 4.02. The van der Waals surface area contributed by atoms with Gasteiger partial charge in [0.15, 0.2) is 0 Å². The van der Waals surface area contributed by atoms with Gasteiger partial charge in [-0.25, -0.2) is 4.79 Å². The van der Waals surface area contributed by atoms with Crippen LogP contribution in [0.4, 0.5) is 10.5 Å². The number of hydrogen-bond donors (Lipinski definition) is 1. The van der Waals surface area contributed by atoms with Crippen LogP contribution in [0.3, 0.4) is 0 Å². The maximum absolute atomic E-state index is 12.6. The number of amides is 2. The van der Waals surface area contributed by atoms with Crippen LogP contribution < -0.4 is 5.32 Å². The number of halogens is 1. The van der Waals surface area contributed by atoms with Crippen molar-refractivity contribution >= 4 is 27.6 Å². The van der Waals surface area contributed by atoms with Gasteiger partial charge < -0.3 is 14.7 Å². The van der Waals surface area contributed by atoms with Crippen LogP contribution in [0.2, 0.25) is 0 Å². The van der Waals surface area contributed by atoms with Gasteiger partial charge in [-0.05, 0) is 43.5 Å². The lowest BCUT2D eigenvalue weighted by Crippen LogP contribution is -2.34. The molecule has 0 saturated carbocycles. The van der Waals surface area contributed by atoms with Gasteiger partial charge >= 0.3 is 6.03 Å². The van der Waals surface area contributed by atoms with Crippen LogP contribution in [-0.4, -0.2) is 22.6 Å². The quantitative estimate of drug-likeness (QED) is 0.835. The van der Waals surface area contributed by atoms with Crippen molar-refractivity contribution in [2.75, 3.05) is 11.9 Å². The number of carbonyl (C=O) groups excluding carboxylic acids is 1. The van der Waals surface area contributed by atoms with E-state index in [1.54, 1.807) is 0 Å². The number of aromatic nitrogens is 1. The highest BCUT2D eigenvalue weighted by atomic mass is 79.9. The molecular formula is C17H20BrN3O2. The molecule has 0 spiro atoms. The van der Waals surface area contributed by atoms with Gasteiger partial charge in [0, 0.05) is 29.2 Å². The summed E-state index contributed by atoms with van der Waals surface area (Å²) in [5.41, 5.74) is 1.65. The highest BCUT2D eigenvalue weighted by molar-refractivity contribution is 9.10. The first kappa shape index (κ1) is 16.1. The predicted molar refractivity (Wildman–Crippen MR) is 92.3 cm³/mol. The zero-order valence-corrected chi connectivity index (χ0v) is 14.7. The monoisotopic (exact) mass is 377 g/mol. The van der Waals surface area contributed by atoms with Gasteiger partial charge in [0.1, 0.15) is 11.5 Å². The molecule has 0 aliphatic carbocycles. The van der Waals surface area contributed by atoms with E-state index < -0.39 is 0 Å². The van der Waals surface area contributed by atoms with Crippen molar-refractivity contribution in [1.29, 1.82) is 0 Å². The first-order valence-corrected chi connectivity index (χ1v) is 8.75. The summed E-state index contributed by atoms with van der Waals surface area (Å²) in [6, 6.07) is 9.47. The summed E-state index contributed by atoms with van der Waals surface area (Å²) in [6.45, 7) is 2.85. The number of carbonyl (C=O) groups is 1. The number of benzene rings is 1. The molecule has 1 fully saturated rings. The maximum Gasteiger partial charge on any atom is 0.322 e. The molecule has 2 amide bonds. The molecule has 23 heavy (non-hydrogen) atoms. The summed E-state index contributed by atoms with van der Waals surface area (Å²) in [6.07, 6.45) is 3.80. The van der Waals surface area contributed by atoms with E-state index in [4.69, 9.17) is 4.52 Å². The van der Waals surface area contributed by atoms with E-state index in [1.807, 2.05) is 35.2 Å². The summed E-state index contributed by atoms with van der Waals surface area (Å²) >= 11 is 3.39. The molecule has 1 aliphatic heterocycles. The number of likely N-dealkylation sites (tertiary alicyclic amines) is 1. The van der Waals surface area contributed by atoms with Crippen molar-refractivity contribution in [2.24, 2.45) is 0 Å². The van der Waals surface area contributed by atoms with Gasteiger partial charge in [0.2, 0.25) is 0 Å². The highest BCUT2D eigenvalue weighted by Gasteiger charge is 2.32. The van der Waals surface area contributed by atoms with Gasteiger partial charge in [-0.2, -0.15) is 0 Å². The van der Waals surface area contributed by atoms with E-state index in [2.05, 4.69) is 33.3 Å². The molecule has 1 atom stereocenters. The predicted octanol–water partition coefficient (Wildman–Crippen LogP) is 4.76. The second-order valence-electron chi connectivity index (χ2n) is 5.76. The molecule has 2 heterocycles. The molecule has 6 heteroatoms. The standard InChI is InChI=1S/C17H20BrN3O2/c1-2-4-14-11-15(20-23-14)16-5-3-10-21(16)17(22)19-13-8-6-12(18)7-9-13/h6-9,11,16H,2-5,10H2,1H3,(H,19,22)/t16-/m0/s1. The fourth-order valence-corrected chi connectivity index (χ4v) is 3.16. The van der Waals surface area contributed by atoms with Crippen molar-refractivity contribution in [3.63, 3.8) is 0 Å². The van der Waals surface area contributed by atoms with Crippen LogP contribution >= 0.6 is 15.9 Å². The van der Waals surface area contributed by atoms with Crippen molar-refractivity contribution in [3.05, 3.63) is 46.3 Å². The Kier molecular flexibility index (Phi) is 5.00. The van der Waals surface area contributed by atoms with Gasteiger partial charge in [0.25, 0.3) is 0 Å². The Morgan fingerprint density at radius 1 is 1.43 bits per heavy atom. The Hall–Kier alpha value is -1.82. The van der Waals surface area contributed by atoms with Gasteiger partial charge in [-0.1, -0.05) is 28.0 Å². The molecule has 5 nitrogen and oxygen atoms in total. The summed E-state index contributed by atoms with van der Waals surface area (Å²) in [5, 5.41) is 7.12. The smallest absolute Gasteiger partial charge is 0.322 e. The number of hydrogen-bond acceptors (Lipinski definition) is 3. The Morgan fingerprint density at radius 2 is 2.22 bits per heavy atom. The first-order valence-electron chi connectivity index (χ1n) is 7.96. The van der Waals surface area contributed by atoms with Crippen LogP contribution in [0.25, 0.3) is 0 Å². The minimum Gasteiger partial charge on any atom is -0.361 e. The Balaban J connectivity index is 1.70. The lowest BCUT2D eigenvalue weighted by molar-refractivity contribution is 0.204. The third-order valence-corrected chi connectivity index (χ3v) is 4.55. The van der Waals surface area contributed by atoms with E-state index in [9.17, 15) is 4.79 Å². The molecule has 0 unspecified atom stereocenters. The average Bonchev–Trinajstić information content (AvgIpc) is 3.18. The molecular weight excluding hydrogens is 358 g/mol. The van der Waals surface area contributed by atoms with Crippen molar-refractivity contribution in [2.45, 2.75) is 38.6 Å². The van der Waals surface area contributed by atoms with Crippen molar-refractivity contribution < 1.29 is 9.32 Å². The topological polar surface area (TPSA) is 58.4 Å². The van der Waals surface area contributed by atoms with E-state index in [1.165, 1.54) is 0 Å². The van der Waals surface area contributed by atoms with E-state index >= 15 is 0 Å². The number of urea groups is 1. The zero-order valence-electron chi connectivity index (χ0n) is 13.1. The molecule has 1 aromatic heterocycles. The minimum absolute atomic E-state index is 0.000181.